The van der Waals surface area contributed by atoms with Gasteiger partial charge in [0.25, 0.3) is 11.4 Å². The Morgan fingerprint density at radius 1 is 1.53 bits per heavy atom. The van der Waals surface area contributed by atoms with Gasteiger partial charge in [-0.25, -0.2) is 0 Å². The van der Waals surface area contributed by atoms with Gasteiger partial charge >= 0.3 is 0 Å². The Morgan fingerprint density at radius 2 is 2.00 bits per heavy atom. The molecule has 0 spiro atoms. The molecule has 0 atom stereocenters. The van der Waals surface area contributed by atoms with E-state index in [-0.39, 0.29) is 24.1 Å². The van der Waals surface area contributed by atoms with E-state index in [1.807, 2.05) is 0 Å². The molecule has 0 bridgehead atoms. The molecule has 17 heavy (non-hydrogen) atoms. The number of primary amides is 1. The fraction of sp³-hybridized carbons (Fsp3) is 0.444. The van der Waals surface area contributed by atoms with Gasteiger partial charge in [0.05, 0.1) is 0 Å². The number of amides is 1. The molecular weight excluding hydrogens is 253 g/mol. The predicted octanol–water partition coefficient (Wildman–Crippen LogP) is 0.480. The van der Waals surface area contributed by atoms with E-state index in [9.17, 15) is 14.0 Å². The van der Waals surface area contributed by atoms with E-state index in [4.69, 9.17) is 5.11 Å². The second-order valence-electron chi connectivity index (χ2n) is 2.82. The van der Waals surface area contributed by atoms with Crippen LogP contribution in [0.4, 0.5) is 4.39 Å². The van der Waals surface area contributed by atoms with Crippen molar-refractivity contribution in [3.8, 4) is 5.88 Å². The summed E-state index contributed by atoms with van der Waals surface area (Å²) in [7, 11) is 0. The lowest BCUT2D eigenvalue weighted by Gasteiger charge is -1.96. The largest absolute Gasteiger partial charge is 0.491 e. The number of halogens is 2. The van der Waals surface area contributed by atoms with Crippen molar-refractivity contribution in [3.63, 3.8) is 0 Å². The standard InChI is InChI=1S/C6H7FN2O2.C3H7NO.ClH/c1-2-3-8-5(10)4(7)6(11)9-3;1-2-3(4)5;/h2H2,1H3,(H2,8,9,10,11);2H2,1H3,(H2,4,5);1H. The summed E-state index contributed by atoms with van der Waals surface area (Å²) in [6.45, 7) is 3.46. The average molecular weight is 268 g/mol. The smallest absolute Gasteiger partial charge is 0.291 e. The molecule has 6 nitrogen and oxygen atoms in total. The van der Waals surface area contributed by atoms with Crippen LogP contribution in [-0.2, 0) is 11.2 Å². The zero-order chi connectivity index (χ0) is 12.7. The molecule has 1 heterocycles. The summed E-state index contributed by atoms with van der Waals surface area (Å²) in [5.74, 6) is -2.05. The number of carbonyl (C=O) groups is 1. The molecule has 1 rings (SSSR count). The fourth-order valence-corrected chi connectivity index (χ4v) is 0.660. The number of nitrogens with zero attached hydrogens (tertiary/aromatic N) is 1. The van der Waals surface area contributed by atoms with E-state index >= 15 is 0 Å². The normalized spacial score (nSPS) is 8.65. The van der Waals surface area contributed by atoms with E-state index in [0.29, 0.717) is 12.8 Å². The summed E-state index contributed by atoms with van der Waals surface area (Å²) < 4.78 is 12.4. The van der Waals surface area contributed by atoms with E-state index < -0.39 is 17.3 Å². The number of hydrogen-bond donors (Lipinski definition) is 3. The van der Waals surface area contributed by atoms with Gasteiger partial charge in [-0.3, -0.25) is 9.59 Å². The summed E-state index contributed by atoms with van der Waals surface area (Å²) in [6.07, 6.45) is 0.892. The third-order valence-electron chi connectivity index (χ3n) is 1.58. The number of nitrogens with two attached hydrogens (primary N) is 1. The van der Waals surface area contributed by atoms with Crippen molar-refractivity contribution in [2.45, 2.75) is 26.7 Å². The molecule has 1 aromatic rings. The minimum atomic E-state index is -1.23. The number of nitrogens with one attached hydrogen (secondary N) is 1. The number of rotatable bonds is 2. The maximum Gasteiger partial charge on any atom is 0.291 e. The lowest BCUT2D eigenvalue weighted by molar-refractivity contribution is -0.117. The van der Waals surface area contributed by atoms with Gasteiger partial charge in [-0.2, -0.15) is 9.37 Å². The van der Waals surface area contributed by atoms with Gasteiger partial charge in [0.15, 0.2) is 0 Å². The van der Waals surface area contributed by atoms with Crippen LogP contribution in [0.2, 0.25) is 0 Å². The number of aryl methyl sites for hydroxylation is 1. The molecule has 8 heteroatoms. The molecule has 0 aromatic carbocycles. The third kappa shape index (κ3) is 6.52. The monoisotopic (exact) mass is 267 g/mol. The van der Waals surface area contributed by atoms with Crippen LogP contribution in [-0.4, -0.2) is 21.0 Å². The van der Waals surface area contributed by atoms with Crippen LogP contribution in [0, 0.1) is 5.82 Å². The molecule has 4 N–H and O–H groups in total. The molecule has 0 saturated carbocycles. The molecule has 0 aliphatic heterocycles. The van der Waals surface area contributed by atoms with E-state index in [0.717, 1.165) is 0 Å². The van der Waals surface area contributed by atoms with E-state index in [1.165, 1.54) is 0 Å². The van der Waals surface area contributed by atoms with Gasteiger partial charge in [0.2, 0.25) is 11.7 Å². The third-order valence-corrected chi connectivity index (χ3v) is 1.58. The maximum absolute atomic E-state index is 12.4. The minimum Gasteiger partial charge on any atom is -0.491 e. The highest BCUT2D eigenvalue weighted by Crippen LogP contribution is 2.04. The lowest BCUT2D eigenvalue weighted by Crippen LogP contribution is -2.14. The molecular formula is C9H15ClFN3O3. The molecule has 1 amide bonds. The Hall–Kier alpha value is -1.63. The Labute approximate surface area is 103 Å². The minimum absolute atomic E-state index is 0. The molecule has 0 unspecified atom stereocenters. The topological polar surface area (TPSA) is 109 Å². The molecule has 0 radical (unpaired) electrons. The van der Waals surface area contributed by atoms with E-state index in [2.05, 4.69) is 15.7 Å². The van der Waals surface area contributed by atoms with Crippen molar-refractivity contribution in [3.05, 3.63) is 22.0 Å². The molecule has 0 aliphatic carbocycles. The SMILES string of the molecule is CCC(N)=O.CCc1nc(O)c(F)c(=O)[nH]1.Cl. The summed E-state index contributed by atoms with van der Waals surface area (Å²) >= 11 is 0. The first kappa shape index (κ1) is 17.8. The van der Waals surface area contributed by atoms with E-state index in [1.54, 1.807) is 13.8 Å². The van der Waals surface area contributed by atoms with Crippen molar-refractivity contribution >= 4 is 18.3 Å². The quantitative estimate of drug-likeness (QED) is 0.724. The van der Waals surface area contributed by atoms with Gasteiger partial charge in [0, 0.05) is 12.8 Å². The first-order valence-corrected chi connectivity index (χ1v) is 4.68. The van der Waals surface area contributed by atoms with Crippen molar-refractivity contribution in [2.75, 3.05) is 0 Å². The zero-order valence-electron chi connectivity index (χ0n) is 9.49. The van der Waals surface area contributed by atoms with Gasteiger partial charge in [-0.05, 0) is 0 Å². The molecule has 98 valence electrons. The first-order valence-electron chi connectivity index (χ1n) is 4.68. The molecule has 0 aliphatic rings. The Morgan fingerprint density at radius 3 is 2.29 bits per heavy atom. The van der Waals surface area contributed by atoms with Crippen LogP contribution >= 0.6 is 12.4 Å². The van der Waals surface area contributed by atoms with Crippen LogP contribution in [0.3, 0.4) is 0 Å². The van der Waals surface area contributed by atoms with Crippen molar-refractivity contribution in [2.24, 2.45) is 5.73 Å². The fourth-order valence-electron chi connectivity index (χ4n) is 0.660. The number of aromatic hydroxyl groups is 1. The number of aromatic nitrogens is 2. The molecule has 0 fully saturated rings. The van der Waals surface area contributed by atoms with Crippen molar-refractivity contribution in [1.29, 1.82) is 0 Å². The van der Waals surface area contributed by atoms with Gasteiger partial charge < -0.3 is 15.8 Å². The molecule has 1 aromatic heterocycles. The Bertz CT molecular complexity index is 422. The summed E-state index contributed by atoms with van der Waals surface area (Å²) in [5, 5.41) is 8.71. The van der Waals surface area contributed by atoms with Crippen LogP contribution in [0.15, 0.2) is 4.79 Å². The maximum atomic E-state index is 12.4. The van der Waals surface area contributed by atoms with Crippen molar-refractivity contribution < 1.29 is 14.3 Å². The number of aromatic amines is 1. The van der Waals surface area contributed by atoms with Crippen LogP contribution in [0.1, 0.15) is 26.1 Å². The number of H-pyrrole nitrogens is 1. The first-order chi connectivity index (χ1) is 7.42. The van der Waals surface area contributed by atoms with Crippen LogP contribution in [0.5, 0.6) is 5.88 Å². The summed E-state index contributed by atoms with van der Waals surface area (Å²) in [6, 6.07) is 0. The van der Waals surface area contributed by atoms with Gasteiger partial charge in [-0.15, -0.1) is 12.4 Å². The summed E-state index contributed by atoms with van der Waals surface area (Å²) in [5.41, 5.74) is 3.72. The number of hydrogen-bond acceptors (Lipinski definition) is 4. The lowest BCUT2D eigenvalue weighted by atomic mass is 10.4. The highest BCUT2D eigenvalue weighted by molar-refractivity contribution is 5.85. The van der Waals surface area contributed by atoms with Gasteiger partial charge in [-0.1, -0.05) is 13.8 Å². The second-order valence-corrected chi connectivity index (χ2v) is 2.82. The zero-order valence-corrected chi connectivity index (χ0v) is 10.3. The molecule has 0 saturated heterocycles. The summed E-state index contributed by atoms with van der Waals surface area (Å²) in [4.78, 5) is 25.7. The predicted molar refractivity (Wildman–Crippen MR) is 62.6 cm³/mol. The Balaban J connectivity index is 0. The second kappa shape index (κ2) is 8.51. The van der Waals surface area contributed by atoms with Crippen LogP contribution < -0.4 is 11.3 Å². The highest BCUT2D eigenvalue weighted by Gasteiger charge is 2.07. The average Bonchev–Trinajstić information content (AvgIpc) is 2.25. The van der Waals surface area contributed by atoms with Crippen LogP contribution in [0.25, 0.3) is 0 Å². The number of carbonyl (C=O) groups excluding carboxylic acids is 1. The van der Waals surface area contributed by atoms with Gasteiger partial charge in [0.1, 0.15) is 5.82 Å². The van der Waals surface area contributed by atoms with Crippen molar-refractivity contribution in [1.82, 2.24) is 9.97 Å². The highest BCUT2D eigenvalue weighted by atomic mass is 35.5. The Kier molecular flexibility index (Phi) is 8.89.